The summed E-state index contributed by atoms with van der Waals surface area (Å²) >= 11 is 3.30. The molecule has 2 aromatic rings. The summed E-state index contributed by atoms with van der Waals surface area (Å²) in [6.07, 6.45) is 3.87. The summed E-state index contributed by atoms with van der Waals surface area (Å²) in [5.74, 6) is 0.248. The quantitative estimate of drug-likeness (QED) is 0.788. The third-order valence-corrected chi connectivity index (χ3v) is 5.48. The molecular weight excluding hydrogens is 264 g/mol. The molecule has 0 unspecified atom stereocenters. The van der Waals surface area contributed by atoms with E-state index in [2.05, 4.69) is 17.1 Å². The van der Waals surface area contributed by atoms with Crippen LogP contribution in [0.25, 0.3) is 10.2 Å². The van der Waals surface area contributed by atoms with E-state index in [1.807, 2.05) is 23.1 Å². The van der Waals surface area contributed by atoms with E-state index in [4.69, 9.17) is 0 Å². The van der Waals surface area contributed by atoms with Gasteiger partial charge in [-0.25, -0.2) is 4.98 Å². The van der Waals surface area contributed by atoms with E-state index in [0.29, 0.717) is 12.5 Å². The van der Waals surface area contributed by atoms with Crippen LogP contribution in [-0.2, 0) is 4.79 Å². The zero-order valence-corrected chi connectivity index (χ0v) is 11.1. The Labute approximate surface area is 113 Å². The molecule has 2 aliphatic rings. The second-order valence-corrected chi connectivity index (χ2v) is 6.75. The van der Waals surface area contributed by atoms with Crippen LogP contribution in [-0.4, -0.2) is 21.8 Å². The minimum absolute atomic E-state index is 0.248. The fraction of sp³-hybridized carbons (Fsp3) is 0.231. The minimum atomic E-state index is 0.248. The van der Waals surface area contributed by atoms with Gasteiger partial charge in [-0.05, 0) is 30.3 Å². The first kappa shape index (κ1) is 10.6. The highest BCUT2D eigenvalue weighted by atomic mass is 32.2. The lowest BCUT2D eigenvalue weighted by atomic mass is 10.0. The van der Waals surface area contributed by atoms with Gasteiger partial charge < -0.3 is 4.90 Å². The summed E-state index contributed by atoms with van der Waals surface area (Å²) in [6.45, 7) is 0. The average Bonchev–Trinajstić information content (AvgIpc) is 2.88. The Kier molecular flexibility index (Phi) is 2.25. The largest absolute Gasteiger partial charge is 0.303 e. The second-order valence-electron chi connectivity index (χ2n) is 4.45. The van der Waals surface area contributed by atoms with Gasteiger partial charge in [-0.15, -0.1) is 11.3 Å². The molecule has 1 amide bonds. The van der Waals surface area contributed by atoms with Crippen LogP contribution < -0.4 is 0 Å². The summed E-state index contributed by atoms with van der Waals surface area (Å²) in [6, 6.07) is 8.56. The summed E-state index contributed by atoms with van der Waals surface area (Å²) in [7, 11) is 0. The molecule has 2 aliphatic heterocycles. The maximum absolute atomic E-state index is 11.5. The number of benzene rings is 1. The maximum atomic E-state index is 11.5. The molecule has 3 nitrogen and oxygen atoms in total. The van der Waals surface area contributed by atoms with Gasteiger partial charge in [-0.2, -0.15) is 0 Å². The standard InChI is InChI=1S/C13H10N2OS2/c16-11-7-8-5-6-12(15(8)11)18-13-14-9-3-1-2-4-10(9)17-13/h1-4,6,8H,5,7H2/t8-/m1/s1. The molecule has 0 spiro atoms. The van der Waals surface area contributed by atoms with E-state index in [-0.39, 0.29) is 5.91 Å². The Bertz CT molecular complexity index is 643. The highest BCUT2D eigenvalue weighted by molar-refractivity contribution is 8.04. The summed E-state index contributed by atoms with van der Waals surface area (Å²) in [5, 5.41) is 1.07. The van der Waals surface area contributed by atoms with Gasteiger partial charge in [0.25, 0.3) is 0 Å². The summed E-state index contributed by atoms with van der Waals surface area (Å²) < 4.78 is 2.22. The van der Waals surface area contributed by atoms with Crippen LogP contribution in [0.4, 0.5) is 0 Å². The van der Waals surface area contributed by atoms with Crippen molar-refractivity contribution in [3.63, 3.8) is 0 Å². The molecule has 1 fully saturated rings. The fourth-order valence-electron chi connectivity index (χ4n) is 2.38. The van der Waals surface area contributed by atoms with Crippen LogP contribution in [0.15, 0.2) is 39.7 Å². The van der Waals surface area contributed by atoms with Gasteiger partial charge in [0.2, 0.25) is 5.91 Å². The van der Waals surface area contributed by atoms with E-state index in [1.165, 1.54) is 4.70 Å². The number of carbonyl (C=O) groups excluding carboxylic acids is 1. The minimum Gasteiger partial charge on any atom is -0.303 e. The Morgan fingerprint density at radius 3 is 3.11 bits per heavy atom. The van der Waals surface area contributed by atoms with E-state index >= 15 is 0 Å². The molecule has 1 aromatic heterocycles. The van der Waals surface area contributed by atoms with Crippen LogP contribution >= 0.6 is 23.1 Å². The molecule has 90 valence electrons. The van der Waals surface area contributed by atoms with Gasteiger partial charge in [0.05, 0.1) is 15.2 Å². The lowest BCUT2D eigenvalue weighted by molar-refractivity contribution is -0.140. The van der Waals surface area contributed by atoms with Gasteiger partial charge in [0, 0.05) is 12.5 Å². The van der Waals surface area contributed by atoms with Crippen molar-refractivity contribution in [1.82, 2.24) is 9.88 Å². The van der Waals surface area contributed by atoms with Crippen LogP contribution in [0.1, 0.15) is 12.8 Å². The number of β-lactam (4-membered cyclic amide) rings is 1. The van der Waals surface area contributed by atoms with Crippen LogP contribution in [0.2, 0.25) is 0 Å². The zero-order valence-electron chi connectivity index (χ0n) is 9.50. The molecule has 0 N–H and O–H groups in total. The Hall–Kier alpha value is -1.33. The number of fused-ring (bicyclic) bond motifs is 2. The van der Waals surface area contributed by atoms with Gasteiger partial charge in [0.1, 0.15) is 0 Å². The maximum Gasteiger partial charge on any atom is 0.229 e. The number of aromatic nitrogens is 1. The third kappa shape index (κ3) is 1.51. The third-order valence-electron chi connectivity index (χ3n) is 3.31. The fourth-order valence-corrected chi connectivity index (χ4v) is 4.63. The second kappa shape index (κ2) is 3.83. The summed E-state index contributed by atoms with van der Waals surface area (Å²) in [5.41, 5.74) is 1.04. The van der Waals surface area contributed by atoms with Crippen LogP contribution in [0.3, 0.4) is 0 Å². The van der Waals surface area contributed by atoms with E-state index in [9.17, 15) is 4.79 Å². The topological polar surface area (TPSA) is 33.2 Å². The highest BCUT2D eigenvalue weighted by Gasteiger charge is 2.41. The molecule has 4 rings (SSSR count). The molecule has 1 saturated heterocycles. The number of rotatable bonds is 2. The number of carbonyl (C=O) groups is 1. The molecule has 0 radical (unpaired) electrons. The molecule has 3 heterocycles. The van der Waals surface area contributed by atoms with Crippen LogP contribution in [0, 0.1) is 0 Å². The van der Waals surface area contributed by atoms with Crippen molar-refractivity contribution in [3.05, 3.63) is 35.4 Å². The first-order valence-corrected chi connectivity index (χ1v) is 7.50. The van der Waals surface area contributed by atoms with Crippen molar-refractivity contribution in [3.8, 4) is 0 Å². The number of para-hydroxylation sites is 1. The van der Waals surface area contributed by atoms with Gasteiger partial charge in [0.15, 0.2) is 4.34 Å². The van der Waals surface area contributed by atoms with E-state index in [0.717, 1.165) is 21.3 Å². The van der Waals surface area contributed by atoms with Gasteiger partial charge in [-0.1, -0.05) is 18.2 Å². The average molecular weight is 274 g/mol. The SMILES string of the molecule is O=C1C[C@H]2CC=C(Sc3nc4ccccc4s3)N12. The Morgan fingerprint density at radius 1 is 1.39 bits per heavy atom. The van der Waals surface area contributed by atoms with Crippen molar-refractivity contribution in [2.75, 3.05) is 0 Å². The lowest BCUT2D eigenvalue weighted by Gasteiger charge is -2.36. The van der Waals surface area contributed by atoms with Crippen molar-refractivity contribution in [2.45, 2.75) is 23.2 Å². The van der Waals surface area contributed by atoms with Gasteiger partial charge >= 0.3 is 0 Å². The highest BCUT2D eigenvalue weighted by Crippen LogP contribution is 2.43. The normalized spacial score (nSPS) is 22.0. The molecule has 5 heteroatoms. The molecule has 1 aromatic carbocycles. The predicted octanol–water partition coefficient (Wildman–Crippen LogP) is 3.23. The molecule has 0 bridgehead atoms. The zero-order chi connectivity index (χ0) is 12.1. The number of hydrogen-bond donors (Lipinski definition) is 0. The molecule has 0 aliphatic carbocycles. The number of thioether (sulfide) groups is 1. The number of amides is 1. The van der Waals surface area contributed by atoms with Crippen molar-refractivity contribution in [2.24, 2.45) is 0 Å². The number of thiazole rings is 1. The first-order valence-electron chi connectivity index (χ1n) is 5.87. The number of nitrogens with zero attached hydrogens (tertiary/aromatic N) is 2. The Morgan fingerprint density at radius 2 is 2.28 bits per heavy atom. The summed E-state index contributed by atoms with van der Waals surface area (Å²) in [4.78, 5) is 18.0. The van der Waals surface area contributed by atoms with Crippen molar-refractivity contribution < 1.29 is 4.79 Å². The van der Waals surface area contributed by atoms with Crippen LogP contribution in [0.5, 0.6) is 0 Å². The van der Waals surface area contributed by atoms with E-state index in [1.54, 1.807) is 23.1 Å². The monoisotopic (exact) mass is 274 g/mol. The van der Waals surface area contributed by atoms with E-state index < -0.39 is 0 Å². The molecule has 0 saturated carbocycles. The first-order chi connectivity index (χ1) is 8.81. The predicted molar refractivity (Wildman–Crippen MR) is 73.4 cm³/mol. The molecule has 1 atom stereocenters. The lowest BCUT2D eigenvalue weighted by Crippen LogP contribution is -2.47. The van der Waals surface area contributed by atoms with Crippen molar-refractivity contribution in [1.29, 1.82) is 0 Å². The number of hydrogen-bond acceptors (Lipinski definition) is 4. The van der Waals surface area contributed by atoms with Gasteiger partial charge in [-0.3, -0.25) is 4.79 Å². The smallest absolute Gasteiger partial charge is 0.229 e. The molecular formula is C13H10N2OS2. The van der Waals surface area contributed by atoms with Crippen molar-refractivity contribution >= 4 is 39.2 Å². The Balaban J connectivity index is 1.63. The molecule has 18 heavy (non-hydrogen) atoms.